The zero-order valence-electron chi connectivity index (χ0n) is 12.2. The lowest BCUT2D eigenvalue weighted by Crippen LogP contribution is -2.32. The molecule has 21 heavy (non-hydrogen) atoms. The van der Waals surface area contributed by atoms with E-state index in [-0.39, 0.29) is 11.6 Å². The Morgan fingerprint density at radius 1 is 1.29 bits per heavy atom. The molecule has 0 saturated carbocycles. The third-order valence-electron chi connectivity index (χ3n) is 3.26. The number of esters is 1. The zero-order valence-corrected chi connectivity index (χ0v) is 12.2. The lowest BCUT2D eigenvalue weighted by atomic mass is 10.0. The normalized spacial score (nSPS) is 13.7. The summed E-state index contributed by atoms with van der Waals surface area (Å²) in [6.45, 7) is 3.68. The van der Waals surface area contributed by atoms with Crippen molar-refractivity contribution in [3.05, 3.63) is 59.3 Å². The number of benzene rings is 1. The highest BCUT2D eigenvalue weighted by Crippen LogP contribution is 2.23. The minimum absolute atomic E-state index is 0.250. The van der Waals surface area contributed by atoms with Crippen LogP contribution >= 0.6 is 0 Å². The zero-order chi connectivity index (χ0) is 15.4. The number of carbonyl (C=O) groups excluding carboxylic acids is 1. The molecule has 0 fully saturated rings. The highest BCUT2D eigenvalue weighted by Gasteiger charge is 2.27. The second-order valence-electron chi connectivity index (χ2n) is 4.81. The van der Waals surface area contributed by atoms with Crippen LogP contribution in [0.4, 0.5) is 4.39 Å². The molecule has 1 aromatic heterocycles. The molecule has 1 heterocycles. The topological polar surface area (TPSA) is 51.5 Å². The van der Waals surface area contributed by atoms with Gasteiger partial charge in [0.2, 0.25) is 0 Å². The number of aryl methyl sites for hydroxylation is 1. The molecule has 0 bridgehead atoms. The molecule has 2 aromatic rings. The van der Waals surface area contributed by atoms with Gasteiger partial charge in [-0.3, -0.25) is 5.32 Å². The van der Waals surface area contributed by atoms with Crippen LogP contribution in [0.2, 0.25) is 0 Å². The molecule has 0 amide bonds. The number of methoxy groups -OCH3 is 1. The fourth-order valence-corrected chi connectivity index (χ4v) is 2.13. The first-order valence-corrected chi connectivity index (χ1v) is 6.67. The summed E-state index contributed by atoms with van der Waals surface area (Å²) in [5.41, 5.74) is 0.250. The Balaban J connectivity index is 2.25. The van der Waals surface area contributed by atoms with Gasteiger partial charge < -0.3 is 9.15 Å². The maximum absolute atomic E-state index is 13.9. The number of hydrogen-bond donors (Lipinski definition) is 1. The number of hydrogen-bond acceptors (Lipinski definition) is 4. The molecule has 5 heteroatoms. The summed E-state index contributed by atoms with van der Waals surface area (Å²) in [5.74, 6) is 0.454. The van der Waals surface area contributed by atoms with Crippen molar-refractivity contribution >= 4 is 5.97 Å². The Labute approximate surface area is 122 Å². The number of carbonyl (C=O) groups is 1. The van der Waals surface area contributed by atoms with Crippen LogP contribution in [0.15, 0.2) is 40.8 Å². The van der Waals surface area contributed by atoms with E-state index in [2.05, 4.69) is 5.32 Å². The molecular weight excluding hydrogens is 273 g/mol. The van der Waals surface area contributed by atoms with Crippen LogP contribution in [-0.4, -0.2) is 13.1 Å². The van der Waals surface area contributed by atoms with Crippen molar-refractivity contribution in [2.75, 3.05) is 7.11 Å². The second kappa shape index (κ2) is 6.54. The summed E-state index contributed by atoms with van der Waals surface area (Å²) in [5, 5.41) is 3.05. The average molecular weight is 291 g/mol. The maximum Gasteiger partial charge on any atom is 0.327 e. The second-order valence-corrected chi connectivity index (χ2v) is 4.81. The van der Waals surface area contributed by atoms with Crippen LogP contribution in [0.1, 0.15) is 36.1 Å². The fraction of sp³-hybridized carbons (Fsp3) is 0.312. The van der Waals surface area contributed by atoms with Gasteiger partial charge in [0.25, 0.3) is 0 Å². The molecule has 0 aliphatic heterocycles. The lowest BCUT2D eigenvalue weighted by Gasteiger charge is -2.21. The van der Waals surface area contributed by atoms with Crippen LogP contribution in [0.3, 0.4) is 0 Å². The molecule has 2 atom stereocenters. The molecule has 0 spiro atoms. The van der Waals surface area contributed by atoms with Gasteiger partial charge in [0.15, 0.2) is 0 Å². The highest BCUT2D eigenvalue weighted by atomic mass is 19.1. The summed E-state index contributed by atoms with van der Waals surface area (Å²) in [4.78, 5) is 12.0. The van der Waals surface area contributed by atoms with Crippen LogP contribution in [0, 0.1) is 12.7 Å². The average Bonchev–Trinajstić information content (AvgIpc) is 2.91. The lowest BCUT2D eigenvalue weighted by molar-refractivity contribution is -0.143. The van der Waals surface area contributed by atoms with Gasteiger partial charge in [-0.2, -0.15) is 0 Å². The van der Waals surface area contributed by atoms with E-state index in [0.717, 1.165) is 5.76 Å². The van der Waals surface area contributed by atoms with E-state index >= 15 is 0 Å². The van der Waals surface area contributed by atoms with Gasteiger partial charge in [-0.05, 0) is 32.0 Å². The van der Waals surface area contributed by atoms with Gasteiger partial charge in [-0.25, -0.2) is 9.18 Å². The predicted molar refractivity (Wildman–Crippen MR) is 76.2 cm³/mol. The number of furan rings is 1. The molecule has 0 aliphatic rings. The van der Waals surface area contributed by atoms with Gasteiger partial charge in [0, 0.05) is 5.56 Å². The number of rotatable bonds is 5. The summed E-state index contributed by atoms with van der Waals surface area (Å²) >= 11 is 0. The van der Waals surface area contributed by atoms with Crippen molar-refractivity contribution < 1.29 is 18.3 Å². The van der Waals surface area contributed by atoms with E-state index in [9.17, 15) is 9.18 Å². The Bertz CT molecular complexity index is 623. The number of halogens is 1. The minimum Gasteiger partial charge on any atom is -0.468 e. The molecule has 0 aliphatic carbocycles. The monoisotopic (exact) mass is 291 g/mol. The van der Waals surface area contributed by atoms with Gasteiger partial charge >= 0.3 is 5.97 Å². The summed E-state index contributed by atoms with van der Waals surface area (Å²) in [6.07, 6.45) is 0. The Kier molecular flexibility index (Phi) is 4.75. The first-order valence-electron chi connectivity index (χ1n) is 6.67. The highest BCUT2D eigenvalue weighted by molar-refractivity contribution is 5.77. The van der Waals surface area contributed by atoms with Crippen LogP contribution < -0.4 is 5.32 Å². The molecule has 0 saturated heterocycles. The Hall–Kier alpha value is -2.14. The maximum atomic E-state index is 13.9. The van der Waals surface area contributed by atoms with Gasteiger partial charge in [-0.15, -0.1) is 0 Å². The molecule has 4 nitrogen and oxygen atoms in total. The standard InChI is InChI=1S/C16H18FNO3/c1-10-8-9-14(21-10)11(2)18-15(16(19)20-3)12-6-4-5-7-13(12)17/h4-9,11,15,18H,1-3H3/t11-,15+/m1/s1. The third-order valence-corrected chi connectivity index (χ3v) is 3.26. The SMILES string of the molecule is COC(=O)[C@@H](N[C@H](C)c1ccc(C)o1)c1ccccc1F. The van der Waals surface area contributed by atoms with E-state index in [0.29, 0.717) is 5.76 Å². The quantitative estimate of drug-likeness (QED) is 0.859. The van der Waals surface area contributed by atoms with E-state index in [4.69, 9.17) is 9.15 Å². The number of ether oxygens (including phenoxy) is 1. The molecule has 0 unspecified atom stereocenters. The first-order chi connectivity index (χ1) is 10.0. The first kappa shape index (κ1) is 15.3. The molecule has 0 radical (unpaired) electrons. The summed E-state index contributed by atoms with van der Waals surface area (Å²) < 4.78 is 24.2. The summed E-state index contributed by atoms with van der Waals surface area (Å²) in [7, 11) is 1.28. The van der Waals surface area contributed by atoms with Crippen molar-refractivity contribution in [1.82, 2.24) is 5.32 Å². The molecule has 112 valence electrons. The minimum atomic E-state index is -0.892. The van der Waals surface area contributed by atoms with E-state index in [1.165, 1.54) is 13.2 Å². The molecule has 2 rings (SSSR count). The van der Waals surface area contributed by atoms with Crippen LogP contribution in [0.25, 0.3) is 0 Å². The Morgan fingerprint density at radius 3 is 2.57 bits per heavy atom. The van der Waals surface area contributed by atoms with Gasteiger partial charge in [0.1, 0.15) is 23.4 Å². The van der Waals surface area contributed by atoms with Gasteiger partial charge in [-0.1, -0.05) is 18.2 Å². The van der Waals surface area contributed by atoms with Gasteiger partial charge in [0.05, 0.1) is 13.2 Å². The van der Waals surface area contributed by atoms with Crippen molar-refractivity contribution in [3.63, 3.8) is 0 Å². The van der Waals surface area contributed by atoms with Crippen molar-refractivity contribution in [2.24, 2.45) is 0 Å². The smallest absolute Gasteiger partial charge is 0.327 e. The Morgan fingerprint density at radius 2 is 2.00 bits per heavy atom. The number of nitrogens with one attached hydrogen (secondary N) is 1. The van der Waals surface area contributed by atoms with Crippen LogP contribution in [0.5, 0.6) is 0 Å². The van der Waals surface area contributed by atoms with Crippen LogP contribution in [-0.2, 0) is 9.53 Å². The largest absolute Gasteiger partial charge is 0.468 e. The van der Waals surface area contributed by atoms with E-state index in [1.54, 1.807) is 18.2 Å². The molecule has 1 N–H and O–H groups in total. The molecular formula is C16H18FNO3. The van der Waals surface area contributed by atoms with Crippen molar-refractivity contribution in [1.29, 1.82) is 0 Å². The van der Waals surface area contributed by atoms with E-state index < -0.39 is 17.8 Å². The van der Waals surface area contributed by atoms with Crippen molar-refractivity contribution in [2.45, 2.75) is 25.9 Å². The third kappa shape index (κ3) is 3.49. The fourth-order valence-electron chi connectivity index (χ4n) is 2.13. The molecule has 1 aromatic carbocycles. The summed E-state index contributed by atoms with van der Waals surface area (Å²) in [6, 6.07) is 8.63. The van der Waals surface area contributed by atoms with Crippen molar-refractivity contribution in [3.8, 4) is 0 Å². The predicted octanol–water partition coefficient (Wildman–Crippen LogP) is 3.29. The van der Waals surface area contributed by atoms with E-state index in [1.807, 2.05) is 26.0 Å².